The van der Waals surface area contributed by atoms with Gasteiger partial charge in [-0.15, -0.1) is 11.8 Å². The molecule has 0 saturated heterocycles. The van der Waals surface area contributed by atoms with E-state index >= 15 is 0 Å². The van der Waals surface area contributed by atoms with Crippen LogP contribution in [-0.4, -0.2) is 39.1 Å². The lowest BCUT2D eigenvalue weighted by atomic mass is 10.0. The van der Waals surface area contributed by atoms with Crippen LogP contribution in [0.4, 0.5) is 5.69 Å². The number of thioether (sulfide) groups is 1. The zero-order valence-corrected chi connectivity index (χ0v) is 20.8. The average molecular weight is 462 g/mol. The second kappa shape index (κ2) is 8.78. The van der Waals surface area contributed by atoms with E-state index in [9.17, 15) is 0 Å². The summed E-state index contributed by atoms with van der Waals surface area (Å²) in [6.45, 7) is 6.04. The van der Waals surface area contributed by atoms with Crippen molar-refractivity contribution in [3.8, 4) is 17.0 Å². The molecular formula is C26H31N5OS. The number of nitrogens with zero attached hydrogens (tertiary/aromatic N) is 5. The summed E-state index contributed by atoms with van der Waals surface area (Å²) in [7, 11) is 3.80. The summed E-state index contributed by atoms with van der Waals surface area (Å²) in [4.78, 5) is 7.09. The number of imidazole rings is 1. The summed E-state index contributed by atoms with van der Waals surface area (Å²) < 4.78 is 10.0. The van der Waals surface area contributed by atoms with E-state index < -0.39 is 0 Å². The highest BCUT2D eigenvalue weighted by atomic mass is 32.2. The number of benzene rings is 1. The Morgan fingerprint density at radius 3 is 2.70 bits per heavy atom. The Morgan fingerprint density at radius 2 is 2.03 bits per heavy atom. The van der Waals surface area contributed by atoms with Crippen LogP contribution in [0, 0.1) is 19.8 Å². The summed E-state index contributed by atoms with van der Waals surface area (Å²) >= 11 is 1.70. The van der Waals surface area contributed by atoms with Crippen molar-refractivity contribution in [2.45, 2.75) is 38.3 Å². The lowest BCUT2D eigenvalue weighted by molar-refractivity contribution is 0.415. The van der Waals surface area contributed by atoms with E-state index in [2.05, 4.69) is 76.4 Å². The van der Waals surface area contributed by atoms with Crippen LogP contribution in [0.2, 0.25) is 0 Å². The van der Waals surface area contributed by atoms with Crippen molar-refractivity contribution < 1.29 is 4.74 Å². The van der Waals surface area contributed by atoms with Gasteiger partial charge in [-0.2, -0.15) is 5.10 Å². The van der Waals surface area contributed by atoms with E-state index in [1.165, 1.54) is 29.7 Å². The van der Waals surface area contributed by atoms with Gasteiger partial charge in [-0.25, -0.2) is 9.50 Å². The Morgan fingerprint density at radius 1 is 1.21 bits per heavy atom. The van der Waals surface area contributed by atoms with E-state index in [-0.39, 0.29) is 0 Å². The molecule has 3 aromatic heterocycles. The van der Waals surface area contributed by atoms with Gasteiger partial charge in [0.2, 0.25) is 0 Å². The minimum Gasteiger partial charge on any atom is -0.496 e. The number of aryl methyl sites for hydroxylation is 3. The van der Waals surface area contributed by atoms with Crippen LogP contribution in [0.3, 0.4) is 0 Å². The summed E-state index contributed by atoms with van der Waals surface area (Å²) in [6.07, 6.45) is 8.60. The highest BCUT2D eigenvalue weighted by Gasteiger charge is 2.29. The first-order valence-electron chi connectivity index (χ1n) is 11.4. The van der Waals surface area contributed by atoms with Crippen LogP contribution >= 0.6 is 11.8 Å². The molecule has 0 N–H and O–H groups in total. The molecule has 0 unspecified atom stereocenters. The highest BCUT2D eigenvalue weighted by molar-refractivity contribution is 7.98. The molecule has 1 aliphatic carbocycles. The quantitative estimate of drug-likeness (QED) is 0.324. The molecule has 5 rings (SSSR count). The Kier molecular flexibility index (Phi) is 5.83. The second-order valence-corrected chi connectivity index (χ2v) is 9.80. The van der Waals surface area contributed by atoms with Crippen LogP contribution in [-0.2, 0) is 13.6 Å². The van der Waals surface area contributed by atoms with Gasteiger partial charge >= 0.3 is 0 Å². The molecule has 1 aliphatic rings. The molecule has 0 radical (unpaired) electrons. The van der Waals surface area contributed by atoms with E-state index in [4.69, 9.17) is 9.84 Å². The van der Waals surface area contributed by atoms with Gasteiger partial charge in [0.1, 0.15) is 16.6 Å². The largest absolute Gasteiger partial charge is 0.496 e. The standard InChI is InChI=1S/C26H31N5OS/c1-17-13-18(2)24(22(14-17)32-4)20-7-6-8-21-25(26(33-5)28-31(20)21)30(15-19-9-10-19)16-23-27-11-12-29(23)3/h6-8,11-14,19H,9-10,15-16H2,1-5H3. The molecule has 0 bridgehead atoms. The first-order chi connectivity index (χ1) is 16.0. The van der Waals surface area contributed by atoms with Gasteiger partial charge in [0, 0.05) is 31.5 Å². The zero-order chi connectivity index (χ0) is 23.1. The van der Waals surface area contributed by atoms with Gasteiger partial charge < -0.3 is 14.2 Å². The third-order valence-corrected chi connectivity index (χ3v) is 7.12. The second-order valence-electron chi connectivity index (χ2n) is 9.00. The Balaban J connectivity index is 1.68. The average Bonchev–Trinajstić information content (AvgIpc) is 3.40. The molecule has 0 atom stereocenters. The Hall–Kier alpha value is -2.93. The van der Waals surface area contributed by atoms with E-state index in [1.54, 1.807) is 18.9 Å². The molecule has 1 aromatic carbocycles. The van der Waals surface area contributed by atoms with Gasteiger partial charge in [0.05, 0.1) is 30.6 Å². The van der Waals surface area contributed by atoms with Gasteiger partial charge in [-0.3, -0.25) is 0 Å². The first-order valence-corrected chi connectivity index (χ1v) is 12.6. The van der Waals surface area contributed by atoms with E-state index in [0.717, 1.165) is 52.4 Å². The molecule has 3 heterocycles. The number of anilines is 1. The van der Waals surface area contributed by atoms with Crippen LogP contribution in [0.15, 0.2) is 47.8 Å². The van der Waals surface area contributed by atoms with Gasteiger partial charge in [-0.1, -0.05) is 12.1 Å². The fourth-order valence-electron chi connectivity index (χ4n) is 4.64. The maximum atomic E-state index is 5.80. The van der Waals surface area contributed by atoms with Crippen LogP contribution in [0.25, 0.3) is 16.8 Å². The van der Waals surface area contributed by atoms with E-state index in [0.29, 0.717) is 0 Å². The minimum atomic E-state index is 0.748. The van der Waals surface area contributed by atoms with Gasteiger partial charge in [0.15, 0.2) is 0 Å². The SMILES string of the molecule is COc1cc(C)cc(C)c1-c1cccc2c(N(Cc3nccn3C)CC3CC3)c(SC)nn12. The Labute approximate surface area is 199 Å². The maximum absolute atomic E-state index is 5.80. The summed E-state index contributed by atoms with van der Waals surface area (Å²) in [5.74, 6) is 2.69. The number of hydrogen-bond acceptors (Lipinski definition) is 5. The molecule has 1 fully saturated rings. The van der Waals surface area contributed by atoms with E-state index in [1.807, 2.05) is 12.4 Å². The molecule has 0 aliphatic heterocycles. The summed E-state index contributed by atoms with van der Waals surface area (Å²) in [6, 6.07) is 10.8. The summed E-state index contributed by atoms with van der Waals surface area (Å²) in [5, 5.41) is 6.14. The molecule has 172 valence electrons. The van der Waals surface area contributed by atoms with Crippen molar-refractivity contribution in [2.24, 2.45) is 13.0 Å². The highest BCUT2D eigenvalue weighted by Crippen LogP contribution is 2.41. The van der Waals surface area contributed by atoms with Crippen LogP contribution < -0.4 is 9.64 Å². The fraction of sp³-hybridized carbons (Fsp3) is 0.385. The van der Waals surface area contributed by atoms with Crippen molar-refractivity contribution in [3.05, 3.63) is 59.7 Å². The van der Waals surface area contributed by atoms with Gasteiger partial charge in [0.25, 0.3) is 0 Å². The molecule has 33 heavy (non-hydrogen) atoms. The molecule has 7 heteroatoms. The Bertz CT molecular complexity index is 1300. The third-order valence-electron chi connectivity index (χ3n) is 6.46. The summed E-state index contributed by atoms with van der Waals surface area (Å²) in [5.41, 5.74) is 6.83. The van der Waals surface area contributed by atoms with Crippen molar-refractivity contribution >= 4 is 23.0 Å². The van der Waals surface area contributed by atoms with Crippen LogP contribution in [0.1, 0.15) is 29.8 Å². The lowest BCUT2D eigenvalue weighted by Crippen LogP contribution is -2.27. The van der Waals surface area contributed by atoms with Crippen molar-refractivity contribution in [1.82, 2.24) is 19.2 Å². The molecule has 4 aromatic rings. The number of methoxy groups -OCH3 is 1. The maximum Gasteiger partial charge on any atom is 0.142 e. The number of aromatic nitrogens is 4. The smallest absolute Gasteiger partial charge is 0.142 e. The lowest BCUT2D eigenvalue weighted by Gasteiger charge is -2.24. The normalized spacial score (nSPS) is 13.6. The third kappa shape index (κ3) is 4.10. The number of pyridine rings is 1. The zero-order valence-electron chi connectivity index (χ0n) is 20.0. The molecule has 6 nitrogen and oxygen atoms in total. The number of ether oxygens (including phenoxy) is 1. The van der Waals surface area contributed by atoms with Crippen molar-refractivity contribution in [3.63, 3.8) is 0 Å². The van der Waals surface area contributed by atoms with Crippen molar-refractivity contribution in [2.75, 3.05) is 24.8 Å². The number of hydrogen-bond donors (Lipinski definition) is 0. The monoisotopic (exact) mass is 461 g/mol. The predicted molar refractivity (Wildman–Crippen MR) is 135 cm³/mol. The first kappa shape index (κ1) is 21.9. The van der Waals surface area contributed by atoms with Crippen molar-refractivity contribution in [1.29, 1.82) is 0 Å². The molecule has 0 amide bonds. The number of fused-ring (bicyclic) bond motifs is 1. The number of rotatable bonds is 8. The minimum absolute atomic E-state index is 0.748. The fourth-order valence-corrected chi connectivity index (χ4v) is 5.23. The topological polar surface area (TPSA) is 47.6 Å². The molecular weight excluding hydrogens is 430 g/mol. The van der Waals surface area contributed by atoms with Crippen LogP contribution in [0.5, 0.6) is 5.75 Å². The van der Waals surface area contributed by atoms with Gasteiger partial charge in [-0.05, 0) is 68.2 Å². The molecule has 1 saturated carbocycles. The predicted octanol–water partition coefficient (Wildman–Crippen LogP) is 5.50. The molecule has 0 spiro atoms.